The van der Waals surface area contributed by atoms with E-state index in [1.807, 2.05) is 12.1 Å². The molecule has 1 aromatic carbocycles. The number of aromatic nitrogens is 1. The van der Waals surface area contributed by atoms with Gasteiger partial charge in [0.2, 0.25) is 0 Å². The van der Waals surface area contributed by atoms with Crippen LogP contribution in [-0.2, 0) is 11.3 Å². The second-order valence-corrected chi connectivity index (χ2v) is 6.03. The Morgan fingerprint density at radius 1 is 1.38 bits per heavy atom. The van der Waals surface area contributed by atoms with Crippen molar-refractivity contribution in [2.75, 3.05) is 19.7 Å². The summed E-state index contributed by atoms with van der Waals surface area (Å²) >= 11 is 6.54. The Bertz CT molecular complexity index is 644. The van der Waals surface area contributed by atoms with Crippen molar-refractivity contribution in [2.45, 2.75) is 32.9 Å². The van der Waals surface area contributed by atoms with Crippen LogP contribution in [-0.4, -0.2) is 35.7 Å². The molecule has 0 aliphatic carbocycles. The molecule has 112 valence electrons. The zero-order chi connectivity index (χ0) is 14.8. The Kier molecular flexibility index (Phi) is 4.43. The lowest BCUT2D eigenvalue weighted by Crippen LogP contribution is -2.41. The number of halogens is 1. The molecule has 4 heteroatoms. The van der Waals surface area contributed by atoms with Crippen LogP contribution in [0.5, 0.6) is 0 Å². The highest BCUT2D eigenvalue weighted by Crippen LogP contribution is 2.28. The number of hydrogen-bond donors (Lipinski definition) is 0. The molecule has 21 heavy (non-hydrogen) atoms. The molecule has 1 fully saturated rings. The Labute approximate surface area is 130 Å². The maximum Gasteiger partial charge on any atom is 0.0740 e. The van der Waals surface area contributed by atoms with Crippen molar-refractivity contribution in [3.8, 4) is 0 Å². The molecule has 2 aromatic rings. The van der Waals surface area contributed by atoms with Crippen LogP contribution in [0.25, 0.3) is 10.9 Å². The van der Waals surface area contributed by atoms with Crippen LogP contribution in [0.2, 0.25) is 5.02 Å². The van der Waals surface area contributed by atoms with Gasteiger partial charge in [-0.05, 0) is 25.0 Å². The smallest absolute Gasteiger partial charge is 0.0740 e. The second kappa shape index (κ2) is 6.30. The van der Waals surface area contributed by atoms with Gasteiger partial charge in [0.15, 0.2) is 0 Å². The summed E-state index contributed by atoms with van der Waals surface area (Å²) in [4.78, 5) is 7.16. The number of hydrogen-bond acceptors (Lipinski definition) is 3. The molecule has 1 unspecified atom stereocenters. The molecule has 1 atom stereocenters. The first-order valence-electron chi connectivity index (χ1n) is 7.56. The van der Waals surface area contributed by atoms with Crippen molar-refractivity contribution < 1.29 is 4.74 Å². The first-order chi connectivity index (χ1) is 10.2. The highest BCUT2D eigenvalue weighted by atomic mass is 35.5. The Hall–Kier alpha value is -1.16. The van der Waals surface area contributed by atoms with Gasteiger partial charge in [0, 0.05) is 25.0 Å². The lowest BCUT2D eigenvalue weighted by molar-refractivity contribution is -0.0327. The minimum Gasteiger partial charge on any atom is -0.376 e. The normalized spacial score (nSPS) is 20.0. The highest BCUT2D eigenvalue weighted by Gasteiger charge is 2.21. The lowest BCUT2D eigenvalue weighted by Gasteiger charge is -2.32. The van der Waals surface area contributed by atoms with Crippen LogP contribution < -0.4 is 0 Å². The standard InChI is InChI=1S/C17H21ClN2O/c1-3-13-10-20(8-9-21-13)11-16-17(18)12(2)14-6-4-5-7-15(14)19-16/h4-7,13H,3,8-11H2,1-2H3. The summed E-state index contributed by atoms with van der Waals surface area (Å²) in [5.41, 5.74) is 3.12. The molecule has 3 nitrogen and oxygen atoms in total. The maximum atomic E-state index is 6.54. The van der Waals surface area contributed by atoms with Gasteiger partial charge in [-0.2, -0.15) is 0 Å². The van der Waals surface area contributed by atoms with Gasteiger partial charge in [-0.15, -0.1) is 0 Å². The van der Waals surface area contributed by atoms with Crippen LogP contribution in [0, 0.1) is 6.92 Å². The number of morpholine rings is 1. The van der Waals surface area contributed by atoms with Crippen molar-refractivity contribution >= 4 is 22.5 Å². The summed E-state index contributed by atoms with van der Waals surface area (Å²) in [5.74, 6) is 0. The number of pyridine rings is 1. The predicted molar refractivity (Wildman–Crippen MR) is 86.8 cm³/mol. The number of fused-ring (bicyclic) bond motifs is 1. The van der Waals surface area contributed by atoms with Crippen molar-refractivity contribution in [1.82, 2.24) is 9.88 Å². The predicted octanol–water partition coefficient (Wildman–Crippen LogP) is 3.81. The molecule has 3 rings (SSSR count). The molecule has 1 aromatic heterocycles. The third-order valence-electron chi connectivity index (χ3n) is 4.20. The van der Waals surface area contributed by atoms with E-state index in [4.69, 9.17) is 21.3 Å². The first-order valence-corrected chi connectivity index (χ1v) is 7.94. The fourth-order valence-corrected chi connectivity index (χ4v) is 3.11. The van der Waals surface area contributed by atoms with Gasteiger partial charge >= 0.3 is 0 Å². The van der Waals surface area contributed by atoms with Crippen molar-refractivity contribution in [3.05, 3.63) is 40.5 Å². The van der Waals surface area contributed by atoms with E-state index in [0.29, 0.717) is 6.10 Å². The van der Waals surface area contributed by atoms with Crippen LogP contribution in [0.4, 0.5) is 0 Å². The lowest BCUT2D eigenvalue weighted by atomic mass is 10.1. The van der Waals surface area contributed by atoms with Crippen LogP contribution >= 0.6 is 11.6 Å². The molecular weight excluding hydrogens is 284 g/mol. The number of rotatable bonds is 3. The van der Waals surface area contributed by atoms with Crippen LogP contribution in [0.1, 0.15) is 24.6 Å². The van der Waals surface area contributed by atoms with Gasteiger partial charge in [-0.25, -0.2) is 4.98 Å². The number of benzene rings is 1. The third kappa shape index (κ3) is 3.05. The maximum absolute atomic E-state index is 6.54. The second-order valence-electron chi connectivity index (χ2n) is 5.65. The van der Waals surface area contributed by atoms with E-state index in [1.165, 1.54) is 0 Å². The molecule has 0 bridgehead atoms. The minimum atomic E-state index is 0.332. The largest absolute Gasteiger partial charge is 0.376 e. The Balaban J connectivity index is 1.88. The van der Waals surface area contributed by atoms with Crippen molar-refractivity contribution in [2.24, 2.45) is 0 Å². The molecule has 1 aliphatic rings. The Morgan fingerprint density at radius 3 is 3.00 bits per heavy atom. The third-order valence-corrected chi connectivity index (χ3v) is 4.70. The topological polar surface area (TPSA) is 25.4 Å². The minimum absolute atomic E-state index is 0.332. The van der Waals surface area contributed by atoms with E-state index in [0.717, 1.165) is 59.8 Å². The molecule has 0 N–H and O–H groups in total. The van der Waals surface area contributed by atoms with Gasteiger partial charge in [0.1, 0.15) is 0 Å². The SMILES string of the molecule is CCC1CN(Cc2nc3ccccc3c(C)c2Cl)CCO1. The molecule has 1 aliphatic heterocycles. The first kappa shape index (κ1) is 14.8. The van der Waals surface area contributed by atoms with Gasteiger partial charge < -0.3 is 4.74 Å². The van der Waals surface area contributed by atoms with Crippen molar-refractivity contribution in [1.29, 1.82) is 0 Å². The molecule has 2 heterocycles. The summed E-state index contributed by atoms with van der Waals surface area (Å²) in [6, 6.07) is 8.18. The summed E-state index contributed by atoms with van der Waals surface area (Å²) in [5, 5.41) is 1.94. The summed E-state index contributed by atoms with van der Waals surface area (Å²) in [6.45, 7) is 7.73. The van der Waals surface area contributed by atoms with Gasteiger partial charge in [0.05, 0.1) is 28.9 Å². The van der Waals surface area contributed by atoms with Gasteiger partial charge in [-0.1, -0.05) is 36.7 Å². The van der Waals surface area contributed by atoms with Crippen LogP contribution in [0.15, 0.2) is 24.3 Å². The fourth-order valence-electron chi connectivity index (χ4n) is 2.90. The van der Waals surface area contributed by atoms with Gasteiger partial charge in [0.25, 0.3) is 0 Å². The van der Waals surface area contributed by atoms with E-state index in [9.17, 15) is 0 Å². The Morgan fingerprint density at radius 2 is 2.19 bits per heavy atom. The average molecular weight is 305 g/mol. The van der Waals surface area contributed by atoms with E-state index >= 15 is 0 Å². The molecular formula is C17H21ClN2O. The summed E-state index contributed by atoms with van der Waals surface area (Å²) < 4.78 is 5.72. The zero-order valence-electron chi connectivity index (χ0n) is 12.6. The number of para-hydroxylation sites is 1. The quantitative estimate of drug-likeness (QED) is 0.862. The number of ether oxygens (including phenoxy) is 1. The summed E-state index contributed by atoms with van der Waals surface area (Å²) in [7, 11) is 0. The zero-order valence-corrected chi connectivity index (χ0v) is 13.4. The van der Waals surface area contributed by atoms with E-state index in [2.05, 4.69) is 30.9 Å². The van der Waals surface area contributed by atoms with E-state index in [1.54, 1.807) is 0 Å². The van der Waals surface area contributed by atoms with Crippen LogP contribution in [0.3, 0.4) is 0 Å². The number of aryl methyl sites for hydroxylation is 1. The monoisotopic (exact) mass is 304 g/mol. The van der Waals surface area contributed by atoms with Crippen molar-refractivity contribution in [3.63, 3.8) is 0 Å². The molecule has 0 saturated carbocycles. The fraction of sp³-hybridized carbons (Fsp3) is 0.471. The number of nitrogens with zero attached hydrogens (tertiary/aromatic N) is 2. The summed E-state index contributed by atoms with van der Waals surface area (Å²) in [6.07, 6.45) is 1.38. The van der Waals surface area contributed by atoms with Gasteiger partial charge in [-0.3, -0.25) is 4.90 Å². The average Bonchev–Trinajstić information content (AvgIpc) is 2.52. The van der Waals surface area contributed by atoms with E-state index < -0.39 is 0 Å². The molecule has 0 spiro atoms. The molecule has 0 radical (unpaired) electrons. The molecule has 0 amide bonds. The molecule has 1 saturated heterocycles. The van der Waals surface area contributed by atoms with E-state index in [-0.39, 0.29) is 0 Å². The highest BCUT2D eigenvalue weighted by molar-refractivity contribution is 6.32.